The minimum Gasteiger partial charge on any atom is -0.494 e. The Hall–Kier alpha value is -3.93. The van der Waals surface area contributed by atoms with Gasteiger partial charge in [0, 0.05) is 3.57 Å². The largest absolute Gasteiger partial charge is 0.494 e. The van der Waals surface area contributed by atoms with Gasteiger partial charge >= 0.3 is 5.97 Å². The molecule has 0 radical (unpaired) electrons. The highest BCUT2D eigenvalue weighted by Crippen LogP contribution is 2.28. The predicted molar refractivity (Wildman–Crippen MR) is 152 cm³/mol. The number of halogens is 1. The number of hydrazone groups is 1. The first-order valence-corrected chi connectivity index (χ1v) is 13.0. The summed E-state index contributed by atoms with van der Waals surface area (Å²) in [6.45, 7) is 2.48. The standard InChI is InChI=1S/C28H28IN3O6/c1-3-4-15-37-21-12-10-20(11-13-21)28(35)38-24-14-9-19(16-25(24)36-2)17-31-32-26(33)18-30-27(34)22-7-5-6-8-23(22)29/h5-14,16-17H,3-4,15,18H2,1-2H3,(H,30,34)(H,32,33). The Morgan fingerprint density at radius 3 is 2.47 bits per heavy atom. The van der Waals surface area contributed by atoms with Gasteiger partial charge in [0.1, 0.15) is 5.75 Å². The second kappa shape index (κ2) is 14.7. The second-order valence-electron chi connectivity index (χ2n) is 7.98. The monoisotopic (exact) mass is 629 g/mol. The van der Waals surface area contributed by atoms with Crippen molar-refractivity contribution in [1.29, 1.82) is 0 Å². The number of nitrogens with zero attached hydrogens (tertiary/aromatic N) is 1. The van der Waals surface area contributed by atoms with Crippen LogP contribution < -0.4 is 25.0 Å². The second-order valence-corrected chi connectivity index (χ2v) is 9.14. The molecule has 9 nitrogen and oxygen atoms in total. The van der Waals surface area contributed by atoms with Crippen LogP contribution in [-0.2, 0) is 4.79 Å². The van der Waals surface area contributed by atoms with Crippen LogP contribution in [0.3, 0.4) is 0 Å². The molecule has 0 heterocycles. The zero-order valence-corrected chi connectivity index (χ0v) is 23.2. The average Bonchev–Trinajstić information content (AvgIpc) is 2.93. The summed E-state index contributed by atoms with van der Waals surface area (Å²) in [5.41, 5.74) is 3.82. The van der Waals surface area contributed by atoms with E-state index in [0.717, 1.165) is 16.4 Å². The van der Waals surface area contributed by atoms with Crippen LogP contribution in [0.4, 0.5) is 0 Å². The van der Waals surface area contributed by atoms with Crippen molar-refractivity contribution in [1.82, 2.24) is 10.7 Å². The number of nitrogens with one attached hydrogen (secondary N) is 2. The van der Waals surface area contributed by atoms with Crippen LogP contribution in [-0.4, -0.2) is 44.3 Å². The van der Waals surface area contributed by atoms with Crippen LogP contribution in [0.15, 0.2) is 71.8 Å². The quantitative estimate of drug-likeness (QED) is 0.0758. The lowest BCUT2D eigenvalue weighted by Gasteiger charge is -2.10. The van der Waals surface area contributed by atoms with Crippen LogP contribution >= 0.6 is 22.6 Å². The van der Waals surface area contributed by atoms with Gasteiger partial charge in [-0.15, -0.1) is 0 Å². The van der Waals surface area contributed by atoms with Gasteiger partial charge in [-0.1, -0.05) is 25.5 Å². The molecule has 10 heteroatoms. The summed E-state index contributed by atoms with van der Waals surface area (Å²) in [4.78, 5) is 36.8. The third-order valence-electron chi connectivity index (χ3n) is 5.18. The maximum Gasteiger partial charge on any atom is 0.343 e. The van der Waals surface area contributed by atoms with Crippen LogP contribution in [0.25, 0.3) is 0 Å². The summed E-state index contributed by atoms with van der Waals surface area (Å²) in [6, 6.07) is 18.7. The molecule has 0 aliphatic heterocycles. The Balaban J connectivity index is 1.52. The number of rotatable bonds is 12. The summed E-state index contributed by atoms with van der Waals surface area (Å²) in [5, 5.41) is 6.46. The zero-order chi connectivity index (χ0) is 27.3. The van der Waals surface area contributed by atoms with Gasteiger partial charge in [0.2, 0.25) is 0 Å². The normalized spacial score (nSPS) is 10.6. The van der Waals surface area contributed by atoms with Gasteiger partial charge in [-0.2, -0.15) is 5.10 Å². The molecular formula is C28H28IN3O6. The molecule has 0 bridgehead atoms. The fraction of sp³-hybridized carbons (Fsp3) is 0.214. The Morgan fingerprint density at radius 1 is 1.00 bits per heavy atom. The smallest absolute Gasteiger partial charge is 0.343 e. The van der Waals surface area contributed by atoms with Crippen molar-refractivity contribution in [2.75, 3.05) is 20.3 Å². The van der Waals surface area contributed by atoms with Crippen molar-refractivity contribution in [2.24, 2.45) is 5.10 Å². The highest BCUT2D eigenvalue weighted by Gasteiger charge is 2.14. The number of hydrogen-bond donors (Lipinski definition) is 2. The zero-order valence-electron chi connectivity index (χ0n) is 21.0. The van der Waals surface area contributed by atoms with E-state index in [1.54, 1.807) is 54.6 Å². The van der Waals surface area contributed by atoms with Gasteiger partial charge in [0.05, 0.1) is 37.6 Å². The molecule has 0 aliphatic rings. The topological polar surface area (TPSA) is 115 Å². The van der Waals surface area contributed by atoms with Crippen LogP contribution in [0.2, 0.25) is 0 Å². The minimum atomic E-state index is -0.538. The number of amides is 2. The summed E-state index contributed by atoms with van der Waals surface area (Å²) >= 11 is 2.06. The van der Waals surface area contributed by atoms with E-state index >= 15 is 0 Å². The maximum atomic E-state index is 12.6. The molecule has 0 fully saturated rings. The van der Waals surface area contributed by atoms with Crippen molar-refractivity contribution < 1.29 is 28.6 Å². The number of benzene rings is 3. The minimum absolute atomic E-state index is 0.231. The molecule has 3 rings (SSSR count). The van der Waals surface area contributed by atoms with E-state index in [-0.39, 0.29) is 18.2 Å². The molecule has 0 atom stereocenters. The first-order valence-electron chi connectivity index (χ1n) is 11.9. The van der Waals surface area contributed by atoms with Crippen LogP contribution in [0, 0.1) is 3.57 Å². The molecule has 0 saturated heterocycles. The molecule has 3 aromatic rings. The number of carbonyl (C=O) groups is 3. The highest BCUT2D eigenvalue weighted by molar-refractivity contribution is 14.1. The summed E-state index contributed by atoms with van der Waals surface area (Å²) < 4.78 is 17.2. The van der Waals surface area contributed by atoms with Crippen molar-refractivity contribution in [3.8, 4) is 17.2 Å². The first-order chi connectivity index (χ1) is 18.4. The third kappa shape index (κ3) is 8.58. The fourth-order valence-electron chi connectivity index (χ4n) is 3.15. The lowest BCUT2D eigenvalue weighted by atomic mass is 10.2. The maximum absolute atomic E-state index is 12.6. The molecule has 0 spiro atoms. The molecule has 198 valence electrons. The SMILES string of the molecule is CCCCOc1ccc(C(=O)Oc2ccc(C=NNC(=O)CNC(=O)c3ccccc3I)cc2OC)cc1. The van der Waals surface area contributed by atoms with Crippen LogP contribution in [0.5, 0.6) is 17.2 Å². The van der Waals surface area contributed by atoms with Gasteiger partial charge in [-0.25, -0.2) is 10.2 Å². The lowest BCUT2D eigenvalue weighted by molar-refractivity contribution is -0.120. The van der Waals surface area contributed by atoms with E-state index in [1.807, 2.05) is 12.1 Å². The number of esters is 1. The van der Waals surface area contributed by atoms with Crippen molar-refractivity contribution in [2.45, 2.75) is 19.8 Å². The highest BCUT2D eigenvalue weighted by atomic mass is 127. The van der Waals surface area contributed by atoms with Gasteiger partial charge in [-0.3, -0.25) is 9.59 Å². The Labute approximate surface area is 234 Å². The van der Waals surface area contributed by atoms with E-state index in [9.17, 15) is 14.4 Å². The van der Waals surface area contributed by atoms with Crippen LogP contribution in [0.1, 0.15) is 46.0 Å². The summed E-state index contributed by atoms with van der Waals surface area (Å²) in [6.07, 6.45) is 3.41. The number of carbonyl (C=O) groups excluding carboxylic acids is 3. The molecule has 38 heavy (non-hydrogen) atoms. The van der Waals surface area contributed by atoms with Crippen molar-refractivity contribution in [3.63, 3.8) is 0 Å². The van der Waals surface area contributed by atoms with E-state index in [0.29, 0.717) is 34.8 Å². The van der Waals surface area contributed by atoms with E-state index < -0.39 is 11.9 Å². The lowest BCUT2D eigenvalue weighted by Crippen LogP contribution is -2.35. The molecule has 0 aromatic heterocycles. The molecule has 0 unspecified atom stereocenters. The third-order valence-corrected chi connectivity index (χ3v) is 6.12. The molecular weight excluding hydrogens is 601 g/mol. The average molecular weight is 629 g/mol. The number of ether oxygens (including phenoxy) is 3. The Morgan fingerprint density at radius 2 is 1.76 bits per heavy atom. The van der Waals surface area contributed by atoms with Gasteiger partial charge in [0.25, 0.3) is 11.8 Å². The molecule has 3 aromatic carbocycles. The Kier molecular flexibility index (Phi) is 11.1. The first kappa shape index (κ1) is 28.6. The van der Waals surface area contributed by atoms with E-state index in [4.69, 9.17) is 14.2 Å². The molecule has 0 saturated carbocycles. The molecule has 2 N–H and O–H groups in total. The van der Waals surface area contributed by atoms with Crippen molar-refractivity contribution >= 4 is 46.6 Å². The summed E-state index contributed by atoms with van der Waals surface area (Å²) in [5.74, 6) is -0.126. The fourth-order valence-corrected chi connectivity index (χ4v) is 3.78. The molecule has 2 amide bonds. The van der Waals surface area contributed by atoms with E-state index in [2.05, 4.69) is 45.4 Å². The van der Waals surface area contributed by atoms with Gasteiger partial charge in [0.15, 0.2) is 11.5 Å². The summed E-state index contributed by atoms with van der Waals surface area (Å²) in [7, 11) is 1.45. The van der Waals surface area contributed by atoms with Crippen molar-refractivity contribution in [3.05, 3.63) is 87.0 Å². The van der Waals surface area contributed by atoms with E-state index in [1.165, 1.54) is 13.3 Å². The number of methoxy groups -OCH3 is 1. The number of hydrogen-bond acceptors (Lipinski definition) is 7. The van der Waals surface area contributed by atoms with Gasteiger partial charge in [-0.05, 0) is 89.2 Å². The van der Waals surface area contributed by atoms with Gasteiger partial charge < -0.3 is 19.5 Å². The number of unbranched alkanes of at least 4 members (excludes halogenated alkanes) is 1. The molecule has 0 aliphatic carbocycles. The Bertz CT molecular complexity index is 1290. The predicted octanol–water partition coefficient (Wildman–Crippen LogP) is 4.58.